The Kier molecular flexibility index (Phi) is 9.02. The molecule has 0 radical (unpaired) electrons. The first-order chi connectivity index (χ1) is 16.4. The van der Waals surface area contributed by atoms with Gasteiger partial charge in [0.2, 0.25) is 0 Å². The van der Waals surface area contributed by atoms with Gasteiger partial charge in [-0.25, -0.2) is 0 Å². The lowest BCUT2D eigenvalue weighted by molar-refractivity contribution is -0.118. The number of carbonyl (C=O) groups is 2. The zero-order valence-electron chi connectivity index (χ0n) is 18.3. The first-order valence-electron chi connectivity index (χ1n) is 10.3. The molecular weight excluding hydrogens is 562 g/mol. The fourth-order valence-electron chi connectivity index (χ4n) is 2.96. The van der Waals surface area contributed by atoms with Crippen LogP contribution in [0.3, 0.4) is 0 Å². The number of ether oxygens (including phenoxy) is 1. The highest BCUT2D eigenvalue weighted by atomic mass is 79.9. The van der Waals surface area contributed by atoms with Crippen molar-refractivity contribution < 1.29 is 14.3 Å². The van der Waals surface area contributed by atoms with Crippen molar-refractivity contribution in [2.75, 3.05) is 11.9 Å². The van der Waals surface area contributed by atoms with Gasteiger partial charge in [0.15, 0.2) is 6.61 Å². The third-order valence-electron chi connectivity index (χ3n) is 4.68. The Labute approximate surface area is 214 Å². The molecule has 0 fully saturated rings. The molecule has 0 heterocycles. The molecule has 0 saturated heterocycles. The first-order valence-corrected chi connectivity index (χ1v) is 11.9. The lowest BCUT2D eigenvalue weighted by atomic mass is 10.1. The van der Waals surface area contributed by atoms with Crippen LogP contribution < -0.4 is 15.4 Å². The van der Waals surface area contributed by atoms with Crippen molar-refractivity contribution in [1.29, 1.82) is 5.26 Å². The lowest BCUT2D eigenvalue weighted by Gasteiger charge is -2.12. The molecule has 6 nitrogen and oxygen atoms in total. The molecule has 2 amide bonds. The van der Waals surface area contributed by atoms with Gasteiger partial charge in [0, 0.05) is 12.2 Å². The van der Waals surface area contributed by atoms with E-state index in [1.54, 1.807) is 12.1 Å². The fraction of sp³-hybridized carbons (Fsp3) is 0.115. The van der Waals surface area contributed by atoms with Gasteiger partial charge in [-0.1, -0.05) is 48.0 Å². The molecule has 0 aliphatic rings. The van der Waals surface area contributed by atoms with Crippen LogP contribution in [0.25, 0.3) is 6.08 Å². The molecule has 172 valence electrons. The van der Waals surface area contributed by atoms with E-state index in [4.69, 9.17) is 4.74 Å². The topological polar surface area (TPSA) is 91.2 Å². The summed E-state index contributed by atoms with van der Waals surface area (Å²) < 4.78 is 6.81. The predicted molar refractivity (Wildman–Crippen MR) is 139 cm³/mol. The zero-order chi connectivity index (χ0) is 24.5. The van der Waals surface area contributed by atoms with Crippen LogP contribution in [0, 0.1) is 18.3 Å². The molecule has 0 aromatic heterocycles. The minimum atomic E-state index is -0.466. The molecule has 3 rings (SSSR count). The zero-order valence-corrected chi connectivity index (χ0v) is 21.4. The molecular formula is C26H21Br2N3O3. The molecule has 0 aliphatic heterocycles. The normalized spacial score (nSPS) is 10.8. The Morgan fingerprint density at radius 3 is 2.29 bits per heavy atom. The number of halogens is 2. The van der Waals surface area contributed by atoms with Gasteiger partial charge in [-0.3, -0.25) is 9.59 Å². The maximum Gasteiger partial charge on any atom is 0.262 e. The highest BCUT2D eigenvalue weighted by Crippen LogP contribution is 2.35. The number of aryl methyl sites for hydroxylation is 1. The van der Waals surface area contributed by atoms with Crippen molar-refractivity contribution in [3.8, 4) is 11.8 Å². The fourth-order valence-corrected chi connectivity index (χ4v) is 4.41. The highest BCUT2D eigenvalue weighted by molar-refractivity contribution is 9.11. The van der Waals surface area contributed by atoms with Crippen molar-refractivity contribution in [1.82, 2.24) is 5.32 Å². The largest absolute Gasteiger partial charge is 0.481 e. The van der Waals surface area contributed by atoms with Crippen LogP contribution in [0.15, 0.2) is 81.2 Å². The molecule has 0 bridgehead atoms. The molecule has 3 aromatic carbocycles. The van der Waals surface area contributed by atoms with Gasteiger partial charge in [-0.05, 0) is 80.3 Å². The van der Waals surface area contributed by atoms with Crippen molar-refractivity contribution in [2.24, 2.45) is 0 Å². The molecule has 0 atom stereocenters. The Balaban J connectivity index is 1.64. The van der Waals surface area contributed by atoms with E-state index >= 15 is 0 Å². The van der Waals surface area contributed by atoms with Crippen molar-refractivity contribution in [2.45, 2.75) is 13.5 Å². The second-order valence-corrected chi connectivity index (χ2v) is 9.06. The summed E-state index contributed by atoms with van der Waals surface area (Å²) in [4.78, 5) is 24.7. The van der Waals surface area contributed by atoms with Gasteiger partial charge in [-0.2, -0.15) is 5.26 Å². The maximum atomic E-state index is 12.4. The Bertz CT molecular complexity index is 1230. The maximum absolute atomic E-state index is 12.4. The molecule has 0 spiro atoms. The van der Waals surface area contributed by atoms with E-state index in [1.807, 2.05) is 67.6 Å². The standard InChI is InChI=1S/C26H21Br2N3O3/c1-17-7-9-21(10-8-17)31-24(32)16-34-25-22(27)12-19(13-23(25)28)11-20(14-29)26(33)30-15-18-5-3-2-4-6-18/h2-13H,15-16H2,1H3,(H,30,33)(H,31,32)/b20-11+. The van der Waals surface area contributed by atoms with Crippen molar-refractivity contribution in [3.05, 3.63) is 97.9 Å². The summed E-state index contributed by atoms with van der Waals surface area (Å²) in [7, 11) is 0. The molecule has 34 heavy (non-hydrogen) atoms. The number of benzene rings is 3. The van der Waals surface area contributed by atoms with Crippen LogP contribution >= 0.6 is 31.9 Å². The monoisotopic (exact) mass is 581 g/mol. The quantitative estimate of drug-likeness (QED) is 0.261. The van der Waals surface area contributed by atoms with Gasteiger partial charge < -0.3 is 15.4 Å². The molecule has 3 aromatic rings. The summed E-state index contributed by atoms with van der Waals surface area (Å²) in [5, 5.41) is 15.0. The van der Waals surface area contributed by atoms with Gasteiger partial charge in [0.1, 0.15) is 17.4 Å². The predicted octanol–water partition coefficient (Wildman–Crippen LogP) is 5.76. The van der Waals surface area contributed by atoms with Gasteiger partial charge in [0.05, 0.1) is 8.95 Å². The second kappa shape index (κ2) is 12.2. The van der Waals surface area contributed by atoms with Crippen molar-refractivity contribution >= 4 is 55.4 Å². The minimum Gasteiger partial charge on any atom is -0.481 e. The van der Waals surface area contributed by atoms with Gasteiger partial charge >= 0.3 is 0 Å². The first kappa shape index (κ1) is 25.2. The lowest BCUT2D eigenvalue weighted by Crippen LogP contribution is -2.23. The number of rotatable bonds is 8. The van der Waals surface area contributed by atoms with E-state index in [1.165, 1.54) is 6.08 Å². The Morgan fingerprint density at radius 1 is 1.03 bits per heavy atom. The van der Waals surface area contributed by atoms with Crippen molar-refractivity contribution in [3.63, 3.8) is 0 Å². The van der Waals surface area contributed by atoms with Crippen LogP contribution in [-0.2, 0) is 16.1 Å². The van der Waals surface area contributed by atoms with E-state index in [2.05, 4.69) is 42.5 Å². The minimum absolute atomic E-state index is 0.0270. The number of carbonyl (C=O) groups excluding carboxylic acids is 2. The molecule has 2 N–H and O–H groups in total. The number of nitrogens with one attached hydrogen (secondary N) is 2. The van der Waals surface area contributed by atoms with Crippen LogP contribution in [0.2, 0.25) is 0 Å². The Morgan fingerprint density at radius 2 is 1.68 bits per heavy atom. The average Bonchev–Trinajstić information content (AvgIpc) is 2.82. The average molecular weight is 583 g/mol. The van der Waals surface area contributed by atoms with E-state index in [0.29, 0.717) is 32.5 Å². The number of amides is 2. The second-order valence-electron chi connectivity index (χ2n) is 7.35. The summed E-state index contributed by atoms with van der Waals surface area (Å²) in [5.41, 5.74) is 3.31. The van der Waals surface area contributed by atoms with Crippen LogP contribution in [0.5, 0.6) is 5.75 Å². The summed E-state index contributed by atoms with van der Waals surface area (Å²) in [6, 6.07) is 22.3. The van der Waals surface area contributed by atoms with E-state index in [0.717, 1.165) is 11.1 Å². The number of hydrogen-bond acceptors (Lipinski definition) is 4. The third-order valence-corrected chi connectivity index (χ3v) is 5.85. The third kappa shape index (κ3) is 7.30. The molecule has 0 saturated carbocycles. The van der Waals surface area contributed by atoms with Gasteiger partial charge in [0.25, 0.3) is 11.8 Å². The summed E-state index contributed by atoms with van der Waals surface area (Å²) in [6.45, 7) is 2.11. The Hall–Kier alpha value is -3.41. The molecule has 0 unspecified atom stereocenters. The highest BCUT2D eigenvalue weighted by Gasteiger charge is 2.13. The smallest absolute Gasteiger partial charge is 0.262 e. The van der Waals surface area contributed by atoms with E-state index < -0.39 is 5.91 Å². The van der Waals surface area contributed by atoms with E-state index in [-0.39, 0.29) is 18.1 Å². The van der Waals surface area contributed by atoms with Crippen LogP contribution in [0.1, 0.15) is 16.7 Å². The summed E-state index contributed by atoms with van der Waals surface area (Å²) >= 11 is 6.87. The summed E-state index contributed by atoms with van der Waals surface area (Å²) in [6.07, 6.45) is 1.49. The summed E-state index contributed by atoms with van der Waals surface area (Å²) in [5.74, 6) is -0.330. The number of nitrogens with zero attached hydrogens (tertiary/aromatic N) is 1. The molecule has 0 aliphatic carbocycles. The number of hydrogen-bond donors (Lipinski definition) is 2. The van der Waals surface area contributed by atoms with Crippen LogP contribution in [-0.4, -0.2) is 18.4 Å². The van der Waals surface area contributed by atoms with E-state index in [9.17, 15) is 14.9 Å². The number of nitriles is 1. The van der Waals surface area contributed by atoms with Crippen LogP contribution in [0.4, 0.5) is 5.69 Å². The SMILES string of the molecule is Cc1ccc(NC(=O)COc2c(Br)cc(/C=C(\C#N)C(=O)NCc3ccccc3)cc2Br)cc1. The van der Waals surface area contributed by atoms with Gasteiger partial charge in [-0.15, -0.1) is 0 Å². The molecule has 8 heteroatoms. The number of anilines is 1.